The second-order valence-corrected chi connectivity index (χ2v) is 39.0. The summed E-state index contributed by atoms with van der Waals surface area (Å²) in [6.07, 6.45) is -1.66. The van der Waals surface area contributed by atoms with E-state index in [2.05, 4.69) is 10.6 Å². The van der Waals surface area contributed by atoms with Gasteiger partial charge < -0.3 is 102 Å². The van der Waals surface area contributed by atoms with Crippen molar-refractivity contribution in [3.63, 3.8) is 0 Å². The van der Waals surface area contributed by atoms with Crippen molar-refractivity contribution in [3.8, 4) is 51.4 Å². The molecule has 0 fully saturated rings. The van der Waals surface area contributed by atoms with Crippen LogP contribution in [-0.4, -0.2) is 156 Å². The smallest absolute Gasteiger partial charge is 0.508 e. The highest BCUT2D eigenvalue weighted by atomic mass is 16.8. The lowest BCUT2D eigenvalue weighted by Crippen LogP contribution is -2.49. The van der Waals surface area contributed by atoms with Gasteiger partial charge >= 0.3 is 60.5 Å². The van der Waals surface area contributed by atoms with Gasteiger partial charge in [0.2, 0.25) is 5.60 Å². The summed E-state index contributed by atoms with van der Waals surface area (Å²) in [4.78, 5) is 174. The Morgan fingerprint density at radius 3 is 1.04 bits per heavy atom. The zero-order chi connectivity index (χ0) is 101. The number of hydrogen-bond acceptors (Lipinski definition) is 31. The number of nitrogens with one attached hydrogen (secondary N) is 2. The summed E-state index contributed by atoms with van der Waals surface area (Å²) in [7, 11) is 0. The molecule has 6 aromatic heterocycles. The number of carbonyl (C=O) groups is 10. The van der Waals surface area contributed by atoms with Crippen LogP contribution in [0.1, 0.15) is 252 Å². The molecular weight excluding hydrogens is 1770 g/mol. The van der Waals surface area contributed by atoms with Crippen LogP contribution >= 0.6 is 0 Å². The summed E-state index contributed by atoms with van der Waals surface area (Å²) in [6.45, 7) is 41.8. The maximum absolute atomic E-state index is 14.0. The number of amides is 2. The average molecular weight is 1880 g/mol. The number of aliphatic carboxylic acids is 1. The van der Waals surface area contributed by atoms with Gasteiger partial charge in [0.05, 0.1) is 87.0 Å². The predicted octanol–water partition coefficient (Wildman–Crippen LogP) is 14.7. The minimum Gasteiger partial charge on any atom is -0.508 e. The van der Waals surface area contributed by atoms with Crippen molar-refractivity contribution in [1.29, 1.82) is 0 Å². The highest BCUT2D eigenvalue weighted by Crippen LogP contribution is 2.47. The summed E-state index contributed by atoms with van der Waals surface area (Å²) in [5, 5.41) is 46.9. The number of cyclic esters (lactones) is 3. The molecular formula is C99H118N8O29. The Labute approximate surface area is 783 Å². The minimum absolute atomic E-state index is 0.0292. The molecule has 0 radical (unpaired) electrons. The molecule has 0 saturated heterocycles. The van der Waals surface area contributed by atoms with Crippen LogP contribution in [0.5, 0.6) is 17.2 Å². The molecule has 0 unspecified atom stereocenters. The molecule has 0 saturated carbocycles. The van der Waals surface area contributed by atoms with Crippen molar-refractivity contribution in [2.24, 2.45) is 0 Å². The third-order valence-corrected chi connectivity index (χ3v) is 22.2. The fourth-order valence-corrected chi connectivity index (χ4v) is 16.3. The van der Waals surface area contributed by atoms with Crippen molar-refractivity contribution in [3.05, 3.63) is 171 Å². The number of fused-ring (bicyclic) bond motifs is 15. The minimum atomic E-state index is -1.92. The van der Waals surface area contributed by atoms with Gasteiger partial charge in [-0.25, -0.2) is 53.3 Å². The molecule has 37 nitrogen and oxygen atoms in total. The Morgan fingerprint density at radius 1 is 0.397 bits per heavy atom. The molecule has 0 bridgehead atoms. The number of pyridine rings is 6. The van der Waals surface area contributed by atoms with Crippen molar-refractivity contribution in [2.75, 3.05) is 13.1 Å². The Kier molecular flexibility index (Phi) is 29.3. The lowest BCUT2D eigenvalue weighted by atomic mass is 9.85. The van der Waals surface area contributed by atoms with E-state index in [9.17, 15) is 77.6 Å². The SMILES string of the molecule is CC(C)(C)OC(=O)NCC(=O)O.CC(C)(C)OC(=O)OC(C)(C)C.CCc1c2c(nc3ccc(O)cc13)-c1cc3c(c(=O)n1C2)COC(=O)[C@]3(O)CC.CCc1c2c(nc3ccc(OC(=O)OC(C)(C)C)cc13)-c1cc3c(c(=O)n1C2)COC(=O)[C@@]3(CC)OC(=O)CNC(=O)OC(C)(C)C.CCc1c2c(nc3ccc(OC(=O)OC(C)(C)C)cc13)-c1cc3c(c(=O)n1C2)COC(=O)[C@]3(O)CC. The Balaban J connectivity index is 0.000000177. The third kappa shape index (κ3) is 22.4. The number of esters is 4. The van der Waals surface area contributed by atoms with E-state index in [4.69, 9.17) is 76.9 Å². The lowest BCUT2D eigenvalue weighted by molar-refractivity contribution is -0.188. The number of benzene rings is 3. The quantitative estimate of drug-likeness (QED) is 0.0355. The van der Waals surface area contributed by atoms with Gasteiger partial charge in [-0.05, 0) is 253 Å². The number of carboxylic acids is 1. The number of aryl methyl sites for hydroxylation is 3. The number of aromatic hydroxyl groups is 1. The maximum atomic E-state index is 14.0. The molecule has 0 spiro atoms. The number of aromatic nitrogens is 6. The first-order chi connectivity index (χ1) is 63.2. The molecule has 15 rings (SSSR count). The van der Waals surface area contributed by atoms with Crippen molar-refractivity contribution < 1.29 is 125 Å². The van der Waals surface area contributed by atoms with Gasteiger partial charge in [-0.1, -0.05) is 41.5 Å². The molecule has 37 heteroatoms. The van der Waals surface area contributed by atoms with Crippen LogP contribution in [0.25, 0.3) is 66.9 Å². The number of carbonyl (C=O) groups excluding carboxylic acids is 9. The fraction of sp³-hybridized carbons (Fsp3) is 0.475. The highest BCUT2D eigenvalue weighted by molar-refractivity contribution is 5.95. The topological polar surface area (TPSA) is 491 Å². The zero-order valence-corrected chi connectivity index (χ0v) is 81.0. The van der Waals surface area contributed by atoms with Gasteiger partial charge in [0, 0.05) is 49.5 Å². The number of nitrogens with zero attached hydrogens (tertiary/aromatic N) is 6. The number of phenols is 1. The molecule has 2 amide bonds. The summed E-state index contributed by atoms with van der Waals surface area (Å²) in [6, 6.07) is 20.3. The van der Waals surface area contributed by atoms with Gasteiger partial charge in [-0.3, -0.25) is 24.0 Å². The zero-order valence-electron chi connectivity index (χ0n) is 81.0. The number of alkyl carbamates (subject to hydrolysis) is 2. The van der Waals surface area contributed by atoms with E-state index >= 15 is 0 Å². The van der Waals surface area contributed by atoms with Crippen molar-refractivity contribution in [2.45, 2.75) is 295 Å². The van der Waals surface area contributed by atoms with E-state index in [1.54, 1.807) is 232 Å². The summed E-state index contributed by atoms with van der Waals surface area (Å²) in [5.41, 5.74) is 2.26. The molecule has 6 N–H and O–H groups in total. The van der Waals surface area contributed by atoms with Crippen LogP contribution in [-0.2, 0) is 147 Å². The first-order valence-corrected chi connectivity index (χ1v) is 44.7. The summed E-state index contributed by atoms with van der Waals surface area (Å²) >= 11 is 0. The van der Waals surface area contributed by atoms with Crippen molar-refractivity contribution in [1.82, 2.24) is 39.3 Å². The molecule has 3 atom stereocenters. The van der Waals surface area contributed by atoms with Crippen LogP contribution in [0.2, 0.25) is 0 Å². The van der Waals surface area contributed by atoms with Crippen LogP contribution in [0.4, 0.5) is 24.0 Å². The van der Waals surface area contributed by atoms with E-state index in [0.717, 1.165) is 55.1 Å². The second-order valence-electron chi connectivity index (χ2n) is 39.0. The number of ether oxygens (including phenoxy) is 12. The Bertz CT molecular complexity index is 6520. The molecule has 6 aliphatic rings. The fourth-order valence-electron chi connectivity index (χ4n) is 16.3. The maximum Gasteiger partial charge on any atom is 0.514 e. The average Bonchev–Trinajstić information content (AvgIpc) is 1.49. The van der Waals surface area contributed by atoms with Crippen LogP contribution in [0.3, 0.4) is 0 Å². The van der Waals surface area contributed by atoms with E-state index < -0.39 is 130 Å². The number of rotatable bonds is 13. The first-order valence-electron chi connectivity index (χ1n) is 44.7. The molecule has 136 heavy (non-hydrogen) atoms. The molecule has 12 heterocycles. The van der Waals surface area contributed by atoms with Crippen LogP contribution in [0.15, 0.2) is 87.2 Å². The van der Waals surface area contributed by atoms with E-state index in [-0.39, 0.29) is 90.5 Å². The lowest BCUT2D eigenvalue weighted by Gasteiger charge is -2.35. The van der Waals surface area contributed by atoms with Gasteiger partial charge in [0.25, 0.3) is 16.7 Å². The Morgan fingerprint density at radius 2 is 0.713 bits per heavy atom. The highest BCUT2D eigenvalue weighted by Gasteiger charge is 2.52. The number of phenolic OH excluding ortho intramolecular Hbond substituents is 1. The van der Waals surface area contributed by atoms with Gasteiger partial charge in [0.15, 0.2) is 11.2 Å². The monoisotopic (exact) mass is 1880 g/mol. The number of carboxylic acid groups (broad SMARTS) is 1. The second kappa shape index (κ2) is 38.9. The standard InChI is InChI=1S/C34H39N3O10.C27H28N2O7.C22H20N2O5.C9H18O3.C7H13NO4/c1-9-19-20-13-18(44-31(42)47-33(6,7)8)11-12-24(20)36-27-21(19)16-37-25(27)14-23-22(28(37)39)17-43-29(40)34(23,10-2)45-26(38)15-35-30(41)46-32(3,4)5;1-6-15-16-10-14(35-25(32)36-26(3,4)5)8-9-20(16)28-22-17(15)12-29-21(22)11-19-18(23(29)30)13-34-24(31)27(19,33)7-2;1-3-12-13-7-11(25)5-6-17(13)23-19-14(12)9-24-18(19)8-16-15(20(24)26)10-29-21(27)22(16,28)4-2;1-8(2,3)11-7(10)12-9(4,5)6;1-7(2,3)12-6(11)8-4-5(9)10/h11-14H,9-10,15-17H2,1-8H3,(H,35,41);8-11,33H,6-7,12-13H2,1-5H3;5-8,25,28H,3-4,9-10H2,1-2H3;1-6H3;4H2,1-3H3,(H,8,11)(H,9,10)/t34-;27-;22-;;/m000../s1. The van der Waals surface area contributed by atoms with Gasteiger partial charge in [0.1, 0.15) is 83.8 Å². The van der Waals surface area contributed by atoms with Gasteiger partial charge in [-0.2, -0.15) is 0 Å². The predicted molar refractivity (Wildman–Crippen MR) is 494 cm³/mol. The molecule has 0 aliphatic carbocycles. The van der Waals surface area contributed by atoms with Gasteiger partial charge in [-0.15, -0.1) is 0 Å². The van der Waals surface area contributed by atoms with E-state index in [1.165, 1.54) is 0 Å². The number of hydrogen-bond donors (Lipinski definition) is 6. The van der Waals surface area contributed by atoms with Crippen LogP contribution in [0, 0.1) is 0 Å². The molecule has 728 valence electrons. The van der Waals surface area contributed by atoms with Crippen LogP contribution < -0.4 is 36.8 Å². The largest absolute Gasteiger partial charge is 0.514 e. The van der Waals surface area contributed by atoms with E-state index in [0.29, 0.717) is 94.4 Å². The third-order valence-electron chi connectivity index (χ3n) is 22.2. The first kappa shape index (κ1) is 103. The van der Waals surface area contributed by atoms with E-state index in [1.807, 2.05) is 20.8 Å². The molecule has 6 aliphatic heterocycles. The van der Waals surface area contributed by atoms with Crippen molar-refractivity contribution >= 4 is 93.2 Å². The molecule has 9 aromatic rings. The normalized spacial score (nSPS) is 16.9. The molecule has 3 aromatic carbocycles. The summed E-state index contributed by atoms with van der Waals surface area (Å²) < 4.78 is 67.4. The Hall–Kier alpha value is -13.8. The summed E-state index contributed by atoms with van der Waals surface area (Å²) in [5.74, 6) is -3.52. The number of aliphatic hydroxyl groups is 2.